The van der Waals surface area contributed by atoms with Crippen LogP contribution in [0.1, 0.15) is 11.1 Å². The molecule has 114 valence electrons. The van der Waals surface area contributed by atoms with Crippen molar-refractivity contribution in [3.05, 3.63) is 58.6 Å². The van der Waals surface area contributed by atoms with Gasteiger partial charge in [-0.2, -0.15) is 5.10 Å². The van der Waals surface area contributed by atoms with Crippen LogP contribution in [0.15, 0.2) is 47.6 Å². The second kappa shape index (κ2) is 7.47. The van der Waals surface area contributed by atoms with Crippen LogP contribution in [0.3, 0.4) is 0 Å². The van der Waals surface area contributed by atoms with Crippen LogP contribution in [-0.4, -0.2) is 24.3 Å². The predicted molar refractivity (Wildman–Crippen MR) is 85.6 cm³/mol. The number of nitrogens with one attached hydrogen (secondary N) is 1. The zero-order valence-corrected chi connectivity index (χ0v) is 12.7. The first-order valence-corrected chi connectivity index (χ1v) is 6.89. The third kappa shape index (κ3) is 4.49. The Kier molecular flexibility index (Phi) is 5.38. The predicted octanol–water partition coefficient (Wildman–Crippen LogP) is 2.75. The third-order valence-corrected chi connectivity index (χ3v) is 3.16. The van der Waals surface area contributed by atoms with Gasteiger partial charge in [0.2, 0.25) is 5.91 Å². The highest BCUT2D eigenvalue weighted by Crippen LogP contribution is 2.20. The molecule has 0 atom stereocenters. The summed E-state index contributed by atoms with van der Waals surface area (Å²) in [6, 6.07) is 11.7. The summed E-state index contributed by atoms with van der Waals surface area (Å²) in [4.78, 5) is 11.8. The molecule has 0 radical (unpaired) electrons. The molecule has 0 fully saturated rings. The molecule has 0 unspecified atom stereocenters. The monoisotopic (exact) mass is 318 g/mol. The van der Waals surface area contributed by atoms with Crippen molar-refractivity contribution >= 4 is 23.7 Å². The lowest BCUT2D eigenvalue weighted by molar-refractivity contribution is -0.120. The van der Waals surface area contributed by atoms with E-state index in [2.05, 4.69) is 10.5 Å². The molecule has 0 saturated heterocycles. The van der Waals surface area contributed by atoms with Gasteiger partial charge in [-0.15, -0.1) is 0 Å². The molecule has 0 aliphatic heterocycles. The van der Waals surface area contributed by atoms with Crippen molar-refractivity contribution in [2.24, 2.45) is 5.10 Å². The van der Waals surface area contributed by atoms with E-state index in [9.17, 15) is 9.90 Å². The number of ether oxygens (including phenoxy) is 1. The van der Waals surface area contributed by atoms with Crippen molar-refractivity contribution in [1.29, 1.82) is 0 Å². The number of methoxy groups -OCH3 is 1. The molecule has 2 N–H and O–H groups in total. The molecule has 0 heterocycles. The Hall–Kier alpha value is -2.53. The van der Waals surface area contributed by atoms with Gasteiger partial charge in [0.15, 0.2) is 0 Å². The lowest BCUT2D eigenvalue weighted by Crippen LogP contribution is -2.19. The van der Waals surface area contributed by atoms with Crippen molar-refractivity contribution in [2.45, 2.75) is 6.42 Å². The number of phenolic OH excluding ortho intramolecular Hbond substituents is 1. The maximum Gasteiger partial charge on any atom is 0.244 e. The Morgan fingerprint density at radius 3 is 2.73 bits per heavy atom. The molecule has 0 aliphatic carbocycles. The summed E-state index contributed by atoms with van der Waals surface area (Å²) in [5, 5.41) is 14.1. The normalized spacial score (nSPS) is 10.6. The molecule has 0 aliphatic rings. The molecular formula is C16H15ClN2O3. The van der Waals surface area contributed by atoms with E-state index in [-0.39, 0.29) is 18.1 Å². The summed E-state index contributed by atoms with van der Waals surface area (Å²) >= 11 is 5.78. The van der Waals surface area contributed by atoms with Crippen molar-refractivity contribution in [1.82, 2.24) is 5.43 Å². The standard InChI is InChI=1S/C16H15ClN2O3/c1-22-14-6-7-15(20)12(9-14)10-18-19-16(21)8-11-2-4-13(17)5-3-11/h2-7,9-10,20H,8H2,1H3,(H,19,21)/b18-10+. The maximum atomic E-state index is 11.8. The smallest absolute Gasteiger partial charge is 0.244 e. The van der Waals surface area contributed by atoms with Gasteiger partial charge in [0, 0.05) is 10.6 Å². The average Bonchev–Trinajstić information content (AvgIpc) is 2.51. The van der Waals surface area contributed by atoms with Crippen molar-refractivity contribution in [3.63, 3.8) is 0 Å². The zero-order valence-electron chi connectivity index (χ0n) is 11.9. The van der Waals surface area contributed by atoms with Gasteiger partial charge in [0.05, 0.1) is 19.7 Å². The van der Waals surface area contributed by atoms with Gasteiger partial charge in [-0.1, -0.05) is 23.7 Å². The summed E-state index contributed by atoms with van der Waals surface area (Å²) < 4.78 is 5.06. The fourth-order valence-electron chi connectivity index (χ4n) is 1.76. The van der Waals surface area contributed by atoms with Crippen LogP contribution in [0.25, 0.3) is 0 Å². The summed E-state index contributed by atoms with van der Waals surface area (Å²) in [7, 11) is 1.53. The van der Waals surface area contributed by atoms with Crippen molar-refractivity contribution < 1.29 is 14.6 Å². The van der Waals surface area contributed by atoms with Crippen LogP contribution in [0.5, 0.6) is 11.5 Å². The number of aromatic hydroxyl groups is 1. The van der Waals surface area contributed by atoms with E-state index in [1.807, 2.05) is 0 Å². The van der Waals surface area contributed by atoms with Crippen LogP contribution < -0.4 is 10.2 Å². The first kappa shape index (κ1) is 15.9. The molecule has 2 rings (SSSR count). The molecule has 0 aromatic heterocycles. The number of benzene rings is 2. The van der Waals surface area contributed by atoms with E-state index in [0.29, 0.717) is 16.3 Å². The van der Waals surface area contributed by atoms with E-state index in [1.165, 1.54) is 19.4 Å². The van der Waals surface area contributed by atoms with E-state index in [4.69, 9.17) is 16.3 Å². The minimum Gasteiger partial charge on any atom is -0.507 e. The molecule has 5 nitrogen and oxygen atoms in total. The van der Waals surface area contributed by atoms with E-state index in [1.54, 1.807) is 36.4 Å². The summed E-state index contributed by atoms with van der Waals surface area (Å²) in [5.74, 6) is 0.379. The largest absolute Gasteiger partial charge is 0.507 e. The highest BCUT2D eigenvalue weighted by atomic mass is 35.5. The number of carbonyl (C=O) groups is 1. The molecular weight excluding hydrogens is 304 g/mol. The minimum atomic E-state index is -0.263. The van der Waals surface area contributed by atoms with Gasteiger partial charge in [0.25, 0.3) is 0 Å². The molecule has 6 heteroatoms. The Morgan fingerprint density at radius 2 is 2.05 bits per heavy atom. The molecule has 0 saturated carbocycles. The Labute approximate surface area is 133 Å². The number of hydrogen-bond donors (Lipinski definition) is 2. The van der Waals surface area contributed by atoms with Gasteiger partial charge < -0.3 is 9.84 Å². The highest BCUT2D eigenvalue weighted by Gasteiger charge is 2.03. The average molecular weight is 319 g/mol. The molecule has 1 amide bonds. The van der Waals surface area contributed by atoms with Crippen molar-refractivity contribution in [2.75, 3.05) is 7.11 Å². The number of hydrazone groups is 1. The van der Waals surface area contributed by atoms with Gasteiger partial charge in [-0.05, 0) is 35.9 Å². The van der Waals surface area contributed by atoms with Gasteiger partial charge in [-0.3, -0.25) is 4.79 Å². The maximum absolute atomic E-state index is 11.8. The number of amides is 1. The lowest BCUT2D eigenvalue weighted by atomic mass is 10.1. The van der Waals surface area contributed by atoms with Crippen LogP contribution in [-0.2, 0) is 11.2 Å². The number of phenols is 1. The van der Waals surface area contributed by atoms with E-state index < -0.39 is 0 Å². The molecule has 0 spiro atoms. The number of rotatable bonds is 5. The fraction of sp³-hybridized carbons (Fsp3) is 0.125. The minimum absolute atomic E-state index is 0.0523. The molecule has 22 heavy (non-hydrogen) atoms. The number of nitrogens with zero attached hydrogens (tertiary/aromatic N) is 1. The highest BCUT2D eigenvalue weighted by molar-refractivity contribution is 6.30. The number of halogens is 1. The number of hydrogen-bond acceptors (Lipinski definition) is 4. The Morgan fingerprint density at radius 1 is 1.32 bits per heavy atom. The summed E-state index contributed by atoms with van der Waals surface area (Å²) in [5.41, 5.74) is 3.69. The lowest BCUT2D eigenvalue weighted by Gasteiger charge is -2.03. The van der Waals surface area contributed by atoms with Crippen LogP contribution >= 0.6 is 11.6 Å². The SMILES string of the molecule is COc1ccc(O)c(/C=N/NC(=O)Cc2ccc(Cl)cc2)c1. The fourth-order valence-corrected chi connectivity index (χ4v) is 1.89. The summed E-state index contributed by atoms with van der Waals surface area (Å²) in [6.07, 6.45) is 1.55. The van der Waals surface area contributed by atoms with E-state index >= 15 is 0 Å². The van der Waals surface area contributed by atoms with E-state index in [0.717, 1.165) is 5.56 Å². The molecule has 0 bridgehead atoms. The van der Waals surface area contributed by atoms with Gasteiger partial charge in [0.1, 0.15) is 11.5 Å². The summed E-state index contributed by atoms with van der Waals surface area (Å²) in [6.45, 7) is 0. The first-order chi connectivity index (χ1) is 10.6. The first-order valence-electron chi connectivity index (χ1n) is 6.52. The Balaban J connectivity index is 1.94. The number of carbonyl (C=O) groups excluding carboxylic acids is 1. The quantitative estimate of drug-likeness (QED) is 0.658. The Bertz CT molecular complexity index is 684. The van der Waals surface area contributed by atoms with Crippen LogP contribution in [0.4, 0.5) is 0 Å². The molecule has 2 aromatic rings. The second-order valence-corrected chi connectivity index (χ2v) is 4.96. The van der Waals surface area contributed by atoms with Crippen LogP contribution in [0, 0.1) is 0 Å². The third-order valence-electron chi connectivity index (χ3n) is 2.91. The molecule has 2 aromatic carbocycles. The topological polar surface area (TPSA) is 70.9 Å². The van der Waals surface area contributed by atoms with Crippen LogP contribution in [0.2, 0.25) is 5.02 Å². The van der Waals surface area contributed by atoms with Gasteiger partial charge in [-0.25, -0.2) is 5.43 Å². The zero-order chi connectivity index (χ0) is 15.9. The van der Waals surface area contributed by atoms with Gasteiger partial charge >= 0.3 is 0 Å². The second-order valence-electron chi connectivity index (χ2n) is 4.52. The van der Waals surface area contributed by atoms with Crippen molar-refractivity contribution in [3.8, 4) is 11.5 Å².